The minimum absolute atomic E-state index is 0. The van der Waals surface area contributed by atoms with E-state index in [0.29, 0.717) is 28.4 Å². The zero-order valence-corrected chi connectivity index (χ0v) is 38.6. The Morgan fingerprint density at radius 1 is 0.635 bits per heavy atom. The molecule has 6 heteroatoms. The molecule has 0 N–H and O–H groups in total. The van der Waals surface area contributed by atoms with Crippen LogP contribution in [-0.4, -0.2) is 9.55 Å². The second-order valence-corrected chi connectivity index (χ2v) is 18.0. The van der Waals surface area contributed by atoms with Gasteiger partial charge in [-0.05, 0) is 92.9 Å². The molecule has 0 atom stereocenters. The van der Waals surface area contributed by atoms with E-state index >= 15 is 0 Å². The third-order valence-electron chi connectivity index (χ3n) is 11.6. The van der Waals surface area contributed by atoms with E-state index < -0.39 is 6.04 Å². The van der Waals surface area contributed by atoms with Crippen molar-refractivity contribution in [2.45, 2.75) is 59.3 Å². The maximum absolute atomic E-state index is 8.66. The number of nitrogens with zero attached hydrogens (tertiary/aromatic N) is 4. The third-order valence-corrected chi connectivity index (χ3v) is 11.6. The van der Waals surface area contributed by atoms with Gasteiger partial charge in [0.2, 0.25) is 0 Å². The quantitative estimate of drug-likeness (QED) is 0.149. The number of para-hydroxylation sites is 2. The van der Waals surface area contributed by atoms with Gasteiger partial charge >= 0.3 is 0 Å². The minimum Gasteiger partial charge on any atom is -0.509 e. The molecule has 0 fully saturated rings. The monoisotopic (exact) mass is 1010 g/mol. The fourth-order valence-corrected chi connectivity index (χ4v) is 8.32. The SMILES string of the molecule is [2H]c1c([2H])c([2H])c(-c2cnc(-n3c4[c-]c(Oc5[c-]c(N6[CH-]N(c7cc(C(C)(C)C)cc(C(C)(C)C)c7)c7ccccc76)ccc5)ccc4c4c(-c5ccccc5)cccc43)cc2C)c([2H])c1[2H].[Pt]. The molecule has 3 heterocycles. The van der Waals surface area contributed by atoms with Crippen LogP contribution in [0.2, 0.25) is 0 Å². The molecule has 9 aromatic rings. The van der Waals surface area contributed by atoms with E-state index in [4.69, 9.17) is 16.6 Å². The molecule has 0 amide bonds. The number of fused-ring (bicyclic) bond motifs is 4. The average Bonchev–Trinajstić information content (AvgIpc) is 3.87. The normalized spacial score (nSPS) is 13.9. The summed E-state index contributed by atoms with van der Waals surface area (Å²) in [4.78, 5) is 9.34. The summed E-state index contributed by atoms with van der Waals surface area (Å²) >= 11 is 0. The molecule has 0 bridgehead atoms. The van der Waals surface area contributed by atoms with Gasteiger partial charge in [0.05, 0.1) is 6.85 Å². The van der Waals surface area contributed by atoms with Gasteiger partial charge in [0.15, 0.2) is 0 Å². The maximum atomic E-state index is 8.66. The number of rotatable bonds is 7. The summed E-state index contributed by atoms with van der Waals surface area (Å²) in [5.74, 6) is 1.59. The Morgan fingerprint density at radius 2 is 1.30 bits per heavy atom. The Morgan fingerprint density at radius 3 is 2.00 bits per heavy atom. The predicted octanol–water partition coefficient (Wildman–Crippen LogP) is 15.2. The van der Waals surface area contributed by atoms with Crippen molar-refractivity contribution in [1.29, 1.82) is 0 Å². The summed E-state index contributed by atoms with van der Waals surface area (Å²) in [5.41, 5.74) is 11.5. The molecule has 5 nitrogen and oxygen atoms in total. The zero-order chi connectivity index (χ0) is 47.1. The first-order valence-electron chi connectivity index (χ1n) is 23.5. The summed E-state index contributed by atoms with van der Waals surface area (Å²) in [7, 11) is 0. The van der Waals surface area contributed by atoms with Crippen molar-refractivity contribution < 1.29 is 32.7 Å². The van der Waals surface area contributed by atoms with E-state index in [2.05, 4.69) is 143 Å². The van der Waals surface area contributed by atoms with Gasteiger partial charge in [-0.25, -0.2) is 4.98 Å². The van der Waals surface area contributed by atoms with Crippen LogP contribution < -0.4 is 14.5 Å². The molecule has 2 aromatic heterocycles. The summed E-state index contributed by atoms with van der Waals surface area (Å²) in [5, 5.41) is 1.96. The number of aromatic nitrogens is 2. The van der Waals surface area contributed by atoms with Crippen molar-refractivity contribution in [3.8, 4) is 39.6 Å². The van der Waals surface area contributed by atoms with Crippen LogP contribution in [0, 0.1) is 25.7 Å². The molecule has 0 saturated heterocycles. The molecule has 0 saturated carbocycles. The van der Waals surface area contributed by atoms with E-state index in [1.165, 1.54) is 11.1 Å². The summed E-state index contributed by atoms with van der Waals surface area (Å²) in [6, 6.07) is 49.0. The molecule has 0 radical (unpaired) electrons. The second-order valence-electron chi connectivity index (χ2n) is 18.0. The van der Waals surface area contributed by atoms with Gasteiger partial charge in [-0.1, -0.05) is 138 Å². The standard InChI is InChI=1S/C57H49N4O.Pt/c1-38-30-54(58-36-49(38)40-20-12-9-13-21-40)61-52-27-17-24-47(39-18-10-8-11-19-39)55(52)48-29-28-46(35-53(48)61)62-45-23-16-22-43(34-45)59-37-60(51-26-15-14-25-50(51)59)44-32-41(56(2,3)4)31-42(33-44)57(5,6)7;/h8-33,36-37H,1-7H3;/q-3;/i9D,12D,13D,20D,21D;. The number of pyridine rings is 1. The van der Waals surface area contributed by atoms with Crippen LogP contribution in [0.4, 0.5) is 22.7 Å². The molecule has 0 unspecified atom stereocenters. The zero-order valence-electron chi connectivity index (χ0n) is 41.3. The maximum Gasteiger partial charge on any atom is 0.135 e. The fourth-order valence-electron chi connectivity index (χ4n) is 8.32. The van der Waals surface area contributed by atoms with Gasteiger partial charge in [-0.15, -0.1) is 48.1 Å². The van der Waals surface area contributed by atoms with Gasteiger partial charge in [-0.2, -0.15) is 12.1 Å². The first-order valence-corrected chi connectivity index (χ1v) is 21.0. The minimum atomic E-state index is -0.433. The van der Waals surface area contributed by atoms with Crippen molar-refractivity contribution in [3.05, 3.63) is 199 Å². The van der Waals surface area contributed by atoms with Gasteiger partial charge in [0.25, 0.3) is 0 Å². The fraction of sp³-hybridized carbons (Fsp3) is 0.158. The van der Waals surface area contributed by atoms with Crippen LogP contribution >= 0.6 is 0 Å². The van der Waals surface area contributed by atoms with Crippen molar-refractivity contribution >= 4 is 44.6 Å². The van der Waals surface area contributed by atoms with Gasteiger partial charge in [-0.3, -0.25) is 0 Å². The van der Waals surface area contributed by atoms with E-state index in [1.54, 1.807) is 6.20 Å². The van der Waals surface area contributed by atoms with Crippen molar-refractivity contribution in [2.75, 3.05) is 9.80 Å². The third kappa shape index (κ3) is 7.85. The van der Waals surface area contributed by atoms with Crippen LogP contribution in [0.25, 0.3) is 49.9 Å². The average molecular weight is 1010 g/mol. The number of aryl methyl sites for hydroxylation is 1. The van der Waals surface area contributed by atoms with Crippen LogP contribution in [-0.2, 0) is 31.9 Å². The van der Waals surface area contributed by atoms with Gasteiger partial charge < -0.3 is 19.1 Å². The molecular formula is C57H49N4OPt-3. The van der Waals surface area contributed by atoms with Crippen molar-refractivity contribution in [2.24, 2.45) is 0 Å². The smallest absolute Gasteiger partial charge is 0.135 e. The van der Waals surface area contributed by atoms with Crippen LogP contribution in [0.15, 0.2) is 164 Å². The van der Waals surface area contributed by atoms with E-state index in [9.17, 15) is 0 Å². The summed E-state index contributed by atoms with van der Waals surface area (Å²) < 4.78 is 50.7. The number of anilines is 4. The number of ether oxygens (including phenoxy) is 1. The van der Waals surface area contributed by atoms with Crippen LogP contribution in [0.3, 0.4) is 0 Å². The first kappa shape index (κ1) is 36.1. The largest absolute Gasteiger partial charge is 0.509 e. The Labute approximate surface area is 392 Å². The van der Waals surface area contributed by atoms with Crippen LogP contribution in [0.1, 0.15) is 65.1 Å². The molecule has 1 aliphatic rings. The van der Waals surface area contributed by atoms with E-state index in [1.807, 2.05) is 66.1 Å². The second kappa shape index (κ2) is 16.4. The predicted molar refractivity (Wildman–Crippen MR) is 257 cm³/mol. The summed E-state index contributed by atoms with van der Waals surface area (Å²) in [6.45, 7) is 17.6. The van der Waals surface area contributed by atoms with E-state index in [0.717, 1.165) is 55.7 Å². The Kier molecular flexibility index (Phi) is 9.38. The van der Waals surface area contributed by atoms with Crippen LogP contribution in [0.5, 0.6) is 11.5 Å². The summed E-state index contributed by atoms with van der Waals surface area (Å²) in [6.07, 6.45) is 1.59. The number of benzene rings is 7. The molecule has 0 aliphatic carbocycles. The topological polar surface area (TPSA) is 33.5 Å². The number of hydrogen-bond donors (Lipinski definition) is 0. The Bertz CT molecular complexity index is 3370. The molecule has 10 rings (SSSR count). The van der Waals surface area contributed by atoms with Crippen molar-refractivity contribution in [1.82, 2.24) is 9.55 Å². The molecule has 7 aromatic carbocycles. The van der Waals surface area contributed by atoms with Gasteiger partial charge in [0, 0.05) is 66.9 Å². The molecule has 316 valence electrons. The first-order chi connectivity index (χ1) is 32.0. The molecule has 63 heavy (non-hydrogen) atoms. The molecular weight excluding hydrogens is 952 g/mol. The Balaban J connectivity index is 0.00000578. The number of hydrogen-bond acceptors (Lipinski definition) is 4. The molecule has 1 aliphatic heterocycles. The van der Waals surface area contributed by atoms with Gasteiger partial charge in [0.1, 0.15) is 5.82 Å². The molecule has 0 spiro atoms. The Hall–Kier alpha value is -6.42. The van der Waals surface area contributed by atoms with Crippen molar-refractivity contribution in [3.63, 3.8) is 0 Å². The van der Waals surface area contributed by atoms with E-state index in [-0.39, 0.29) is 61.6 Å².